The summed E-state index contributed by atoms with van der Waals surface area (Å²) >= 11 is 0. The SMILES string of the molecule is CC/C=C/C/C=C/C/C=C/C/C=C/C/C=C/C/C=C/CC(=O)O. The van der Waals surface area contributed by atoms with E-state index in [1.165, 1.54) is 0 Å². The summed E-state index contributed by atoms with van der Waals surface area (Å²) in [5.41, 5.74) is 0. The molecule has 0 spiro atoms. The average molecular weight is 314 g/mol. The van der Waals surface area contributed by atoms with Gasteiger partial charge in [0.25, 0.3) is 0 Å². The minimum atomic E-state index is -0.787. The molecule has 2 nitrogen and oxygen atoms in total. The van der Waals surface area contributed by atoms with Gasteiger partial charge in [-0.2, -0.15) is 0 Å². The zero-order chi connectivity index (χ0) is 17.0. The first-order valence-corrected chi connectivity index (χ1v) is 8.39. The molecule has 0 aromatic rings. The lowest BCUT2D eigenvalue weighted by molar-refractivity contribution is -0.136. The molecule has 0 radical (unpaired) electrons. The predicted octanol–water partition coefficient (Wildman–Crippen LogP) is 6.16. The fourth-order valence-corrected chi connectivity index (χ4v) is 1.71. The Balaban J connectivity index is 3.52. The van der Waals surface area contributed by atoms with Crippen LogP contribution in [0.25, 0.3) is 0 Å². The van der Waals surface area contributed by atoms with Gasteiger partial charge in [-0.05, 0) is 38.5 Å². The molecule has 0 unspecified atom stereocenters. The third kappa shape index (κ3) is 19.9. The monoisotopic (exact) mass is 314 g/mol. The van der Waals surface area contributed by atoms with Crippen LogP contribution in [0.1, 0.15) is 51.9 Å². The van der Waals surface area contributed by atoms with Gasteiger partial charge in [0.2, 0.25) is 0 Å². The molecule has 0 aromatic heterocycles. The van der Waals surface area contributed by atoms with Crippen LogP contribution in [0.3, 0.4) is 0 Å². The van der Waals surface area contributed by atoms with Crippen LogP contribution < -0.4 is 0 Å². The van der Waals surface area contributed by atoms with Crippen molar-refractivity contribution < 1.29 is 9.90 Å². The smallest absolute Gasteiger partial charge is 0.307 e. The summed E-state index contributed by atoms with van der Waals surface area (Å²) in [5.74, 6) is -0.787. The molecule has 126 valence electrons. The quantitative estimate of drug-likeness (QED) is 0.413. The van der Waals surface area contributed by atoms with Gasteiger partial charge in [0.05, 0.1) is 6.42 Å². The van der Waals surface area contributed by atoms with Gasteiger partial charge in [-0.25, -0.2) is 0 Å². The number of carbonyl (C=O) groups is 1. The highest BCUT2D eigenvalue weighted by atomic mass is 16.4. The summed E-state index contributed by atoms with van der Waals surface area (Å²) in [5, 5.41) is 8.46. The Morgan fingerprint density at radius 1 is 0.609 bits per heavy atom. The van der Waals surface area contributed by atoms with Crippen molar-refractivity contribution in [3.63, 3.8) is 0 Å². The largest absolute Gasteiger partial charge is 0.481 e. The Morgan fingerprint density at radius 3 is 1.22 bits per heavy atom. The molecular weight excluding hydrogens is 284 g/mol. The zero-order valence-corrected chi connectivity index (χ0v) is 14.2. The first-order chi connectivity index (χ1) is 11.3. The van der Waals surface area contributed by atoms with Gasteiger partial charge < -0.3 is 5.11 Å². The average Bonchev–Trinajstić information content (AvgIpc) is 2.53. The molecule has 0 saturated carbocycles. The van der Waals surface area contributed by atoms with Crippen LogP contribution in [0.4, 0.5) is 0 Å². The van der Waals surface area contributed by atoms with Crippen molar-refractivity contribution in [3.8, 4) is 0 Å². The van der Waals surface area contributed by atoms with E-state index in [9.17, 15) is 4.79 Å². The Labute approximate surface area is 141 Å². The maximum absolute atomic E-state index is 10.3. The van der Waals surface area contributed by atoms with Crippen molar-refractivity contribution in [2.75, 3.05) is 0 Å². The van der Waals surface area contributed by atoms with Crippen LogP contribution in [-0.2, 0) is 4.79 Å². The number of carboxylic acids is 1. The highest BCUT2D eigenvalue weighted by molar-refractivity contribution is 5.68. The van der Waals surface area contributed by atoms with Gasteiger partial charge >= 0.3 is 5.97 Å². The normalized spacial score (nSPS) is 13.1. The molecule has 0 heterocycles. The van der Waals surface area contributed by atoms with E-state index >= 15 is 0 Å². The Morgan fingerprint density at radius 2 is 0.913 bits per heavy atom. The lowest BCUT2D eigenvalue weighted by Crippen LogP contribution is -1.89. The molecule has 0 atom stereocenters. The van der Waals surface area contributed by atoms with Gasteiger partial charge in [-0.3, -0.25) is 4.79 Å². The summed E-state index contributed by atoms with van der Waals surface area (Å²) in [6.07, 6.45) is 31.1. The maximum atomic E-state index is 10.3. The highest BCUT2D eigenvalue weighted by Gasteiger charge is 1.87. The summed E-state index contributed by atoms with van der Waals surface area (Å²) in [7, 11) is 0. The molecule has 0 aromatic carbocycles. The van der Waals surface area contributed by atoms with E-state index in [1.54, 1.807) is 6.08 Å². The van der Waals surface area contributed by atoms with Crippen LogP contribution in [0.5, 0.6) is 0 Å². The first kappa shape index (κ1) is 20.9. The number of hydrogen-bond acceptors (Lipinski definition) is 1. The van der Waals surface area contributed by atoms with E-state index in [0.717, 1.165) is 38.5 Å². The van der Waals surface area contributed by atoms with Crippen molar-refractivity contribution in [3.05, 3.63) is 72.9 Å². The number of hydrogen-bond donors (Lipinski definition) is 1. The number of aliphatic carboxylic acids is 1. The first-order valence-electron chi connectivity index (χ1n) is 8.39. The van der Waals surface area contributed by atoms with Crippen molar-refractivity contribution in [1.82, 2.24) is 0 Å². The van der Waals surface area contributed by atoms with Crippen LogP contribution in [0.2, 0.25) is 0 Å². The third-order valence-corrected chi connectivity index (χ3v) is 2.89. The maximum Gasteiger partial charge on any atom is 0.307 e. The second-order valence-corrected chi connectivity index (χ2v) is 5.01. The minimum Gasteiger partial charge on any atom is -0.481 e. The molecular formula is C21H30O2. The summed E-state index contributed by atoms with van der Waals surface area (Å²) in [4.78, 5) is 10.3. The summed E-state index contributed by atoms with van der Waals surface area (Å²) in [6, 6.07) is 0. The number of allylic oxidation sites excluding steroid dienone is 11. The van der Waals surface area contributed by atoms with Crippen molar-refractivity contribution in [2.45, 2.75) is 51.9 Å². The Kier molecular flexibility index (Phi) is 16.3. The van der Waals surface area contributed by atoms with Crippen LogP contribution in [0.15, 0.2) is 72.9 Å². The predicted molar refractivity (Wildman–Crippen MR) is 100 cm³/mol. The minimum absolute atomic E-state index is 0.102. The molecule has 0 fully saturated rings. The second kappa shape index (κ2) is 18.0. The standard InChI is InChI=1S/C21H30O2/c1-2-3-4-5-6-7-8-9-10-11-12-13-14-15-16-17-18-19-20-21(22)23/h3-4,6-7,9-10,12-13,15-16,18-19H,2,5,8,11,14,17,20H2,1H3,(H,22,23)/b4-3+,7-6+,10-9+,13-12+,16-15+,19-18+. The van der Waals surface area contributed by atoms with E-state index in [0.29, 0.717) is 0 Å². The van der Waals surface area contributed by atoms with Crippen LogP contribution in [-0.4, -0.2) is 11.1 Å². The molecule has 0 aliphatic heterocycles. The molecule has 0 rings (SSSR count). The lowest BCUT2D eigenvalue weighted by atomic mass is 10.2. The number of rotatable bonds is 13. The van der Waals surface area contributed by atoms with E-state index in [2.05, 4.69) is 67.7 Å². The highest BCUT2D eigenvalue weighted by Crippen LogP contribution is 1.96. The molecule has 0 aliphatic rings. The van der Waals surface area contributed by atoms with E-state index in [4.69, 9.17) is 5.11 Å². The van der Waals surface area contributed by atoms with Gasteiger partial charge in [0, 0.05) is 0 Å². The van der Waals surface area contributed by atoms with Gasteiger partial charge in [0.15, 0.2) is 0 Å². The van der Waals surface area contributed by atoms with Gasteiger partial charge in [0.1, 0.15) is 0 Å². The third-order valence-electron chi connectivity index (χ3n) is 2.89. The van der Waals surface area contributed by atoms with Crippen molar-refractivity contribution in [1.29, 1.82) is 0 Å². The second-order valence-electron chi connectivity index (χ2n) is 5.01. The fourth-order valence-electron chi connectivity index (χ4n) is 1.71. The van der Waals surface area contributed by atoms with E-state index in [1.807, 2.05) is 6.08 Å². The zero-order valence-electron chi connectivity index (χ0n) is 14.2. The molecule has 0 bridgehead atoms. The molecule has 0 amide bonds. The van der Waals surface area contributed by atoms with E-state index < -0.39 is 5.97 Å². The van der Waals surface area contributed by atoms with Crippen molar-refractivity contribution >= 4 is 5.97 Å². The molecule has 0 saturated heterocycles. The van der Waals surface area contributed by atoms with Gasteiger partial charge in [-0.15, -0.1) is 0 Å². The lowest BCUT2D eigenvalue weighted by Gasteiger charge is -1.86. The molecule has 1 N–H and O–H groups in total. The van der Waals surface area contributed by atoms with Crippen LogP contribution in [0, 0.1) is 0 Å². The van der Waals surface area contributed by atoms with Crippen molar-refractivity contribution in [2.24, 2.45) is 0 Å². The summed E-state index contributed by atoms with van der Waals surface area (Å²) in [6.45, 7) is 2.14. The molecule has 23 heavy (non-hydrogen) atoms. The van der Waals surface area contributed by atoms with Crippen LogP contribution >= 0.6 is 0 Å². The summed E-state index contributed by atoms with van der Waals surface area (Å²) < 4.78 is 0. The molecule has 2 heteroatoms. The fraction of sp³-hybridized carbons (Fsp3) is 0.381. The number of carboxylic acid groups (broad SMARTS) is 1. The van der Waals surface area contributed by atoms with E-state index in [-0.39, 0.29) is 6.42 Å². The molecule has 0 aliphatic carbocycles. The topological polar surface area (TPSA) is 37.3 Å². The Bertz CT molecular complexity index is 448. The Hall–Kier alpha value is -2.09. The van der Waals surface area contributed by atoms with Gasteiger partial charge in [-0.1, -0.05) is 79.8 Å².